The molecular formula is C16H22ClN3O3. The van der Waals surface area contributed by atoms with Crippen LogP contribution in [0.15, 0.2) is 18.2 Å². The fraction of sp³-hybridized carbons (Fsp3) is 0.562. The van der Waals surface area contributed by atoms with Gasteiger partial charge in [-0.1, -0.05) is 11.6 Å². The van der Waals surface area contributed by atoms with Gasteiger partial charge in [-0.3, -0.25) is 4.90 Å². The molecule has 23 heavy (non-hydrogen) atoms. The third kappa shape index (κ3) is 3.54. The molecule has 0 bridgehead atoms. The van der Waals surface area contributed by atoms with Gasteiger partial charge in [0, 0.05) is 30.7 Å². The maximum Gasteiger partial charge on any atom is 0.322 e. The smallest absolute Gasteiger partial charge is 0.322 e. The predicted molar refractivity (Wildman–Crippen MR) is 89.4 cm³/mol. The molecule has 6 nitrogen and oxygen atoms in total. The van der Waals surface area contributed by atoms with E-state index in [2.05, 4.69) is 17.1 Å². The first kappa shape index (κ1) is 16.4. The molecule has 0 aliphatic carbocycles. The van der Waals surface area contributed by atoms with Crippen LogP contribution in [0.5, 0.6) is 5.75 Å². The molecular weight excluding hydrogens is 318 g/mol. The molecule has 2 amide bonds. The summed E-state index contributed by atoms with van der Waals surface area (Å²) in [4.78, 5) is 16.8. The molecule has 2 fully saturated rings. The fourth-order valence-corrected chi connectivity index (χ4v) is 3.40. The zero-order valence-corrected chi connectivity index (χ0v) is 14.2. The average Bonchev–Trinajstić information content (AvgIpc) is 2.55. The van der Waals surface area contributed by atoms with Crippen molar-refractivity contribution in [3.63, 3.8) is 0 Å². The van der Waals surface area contributed by atoms with E-state index in [1.807, 2.05) is 4.90 Å². The van der Waals surface area contributed by atoms with Crippen molar-refractivity contribution in [2.75, 3.05) is 45.3 Å². The number of fused-ring (bicyclic) bond motifs is 1. The highest BCUT2D eigenvalue weighted by Gasteiger charge is 2.35. The van der Waals surface area contributed by atoms with Gasteiger partial charge in [-0.2, -0.15) is 0 Å². The van der Waals surface area contributed by atoms with Crippen molar-refractivity contribution in [3.8, 4) is 5.75 Å². The summed E-state index contributed by atoms with van der Waals surface area (Å²) in [6.45, 7) is 5.85. The van der Waals surface area contributed by atoms with Gasteiger partial charge in [0.1, 0.15) is 5.75 Å². The Morgan fingerprint density at radius 2 is 2.22 bits per heavy atom. The number of rotatable bonds is 2. The summed E-state index contributed by atoms with van der Waals surface area (Å²) in [5.41, 5.74) is 0.584. The average molecular weight is 340 g/mol. The largest absolute Gasteiger partial charge is 0.495 e. The lowest BCUT2D eigenvalue weighted by atomic mass is 10.1. The number of piperazine rings is 1. The molecule has 3 rings (SSSR count). The second-order valence-corrected chi connectivity index (χ2v) is 6.44. The molecule has 126 valence electrons. The van der Waals surface area contributed by atoms with E-state index in [0.717, 1.165) is 13.2 Å². The summed E-state index contributed by atoms with van der Waals surface area (Å²) in [5.74, 6) is 0.594. The Morgan fingerprint density at radius 3 is 3.00 bits per heavy atom. The molecule has 0 unspecified atom stereocenters. The maximum atomic E-state index is 12.6. The molecule has 0 spiro atoms. The van der Waals surface area contributed by atoms with Crippen molar-refractivity contribution in [1.29, 1.82) is 0 Å². The molecule has 2 aliphatic heterocycles. The van der Waals surface area contributed by atoms with Crippen molar-refractivity contribution < 1.29 is 14.3 Å². The van der Waals surface area contributed by atoms with Crippen molar-refractivity contribution in [3.05, 3.63) is 23.2 Å². The minimum Gasteiger partial charge on any atom is -0.495 e. The van der Waals surface area contributed by atoms with Crippen LogP contribution < -0.4 is 10.1 Å². The van der Waals surface area contributed by atoms with Gasteiger partial charge in [-0.25, -0.2) is 4.79 Å². The summed E-state index contributed by atoms with van der Waals surface area (Å²) >= 11 is 6.01. The third-order valence-electron chi connectivity index (χ3n) is 4.45. The number of hydrogen-bond donors (Lipinski definition) is 1. The highest BCUT2D eigenvalue weighted by Crippen LogP contribution is 2.28. The quantitative estimate of drug-likeness (QED) is 0.898. The molecule has 1 aromatic carbocycles. The van der Waals surface area contributed by atoms with E-state index in [4.69, 9.17) is 21.1 Å². The van der Waals surface area contributed by atoms with E-state index in [1.165, 1.54) is 0 Å². The van der Waals surface area contributed by atoms with Crippen molar-refractivity contribution in [1.82, 2.24) is 9.80 Å². The van der Waals surface area contributed by atoms with E-state index in [9.17, 15) is 4.79 Å². The van der Waals surface area contributed by atoms with Crippen LogP contribution in [0.25, 0.3) is 0 Å². The Labute approximate surface area is 141 Å². The monoisotopic (exact) mass is 339 g/mol. The Hall–Kier alpha value is -1.50. The third-order valence-corrected chi connectivity index (χ3v) is 4.69. The number of urea groups is 1. The Morgan fingerprint density at radius 1 is 1.39 bits per heavy atom. The van der Waals surface area contributed by atoms with Crippen molar-refractivity contribution in [2.24, 2.45) is 0 Å². The van der Waals surface area contributed by atoms with Gasteiger partial charge in [-0.05, 0) is 25.1 Å². The van der Waals surface area contributed by atoms with Gasteiger partial charge >= 0.3 is 6.03 Å². The second-order valence-electron chi connectivity index (χ2n) is 6.00. The fourth-order valence-electron chi connectivity index (χ4n) is 3.23. The number of benzene rings is 1. The molecule has 2 aliphatic rings. The molecule has 0 aromatic heterocycles. The number of amides is 2. The van der Waals surface area contributed by atoms with E-state index in [-0.39, 0.29) is 12.1 Å². The van der Waals surface area contributed by atoms with Gasteiger partial charge < -0.3 is 19.7 Å². The Kier molecular flexibility index (Phi) is 4.94. The maximum absolute atomic E-state index is 12.6. The van der Waals surface area contributed by atoms with Crippen molar-refractivity contribution in [2.45, 2.75) is 19.0 Å². The predicted octanol–water partition coefficient (Wildman–Crippen LogP) is 2.29. The van der Waals surface area contributed by atoms with E-state index in [0.29, 0.717) is 42.2 Å². The highest BCUT2D eigenvalue weighted by atomic mass is 35.5. The van der Waals surface area contributed by atoms with Gasteiger partial charge in [-0.15, -0.1) is 0 Å². The second kappa shape index (κ2) is 6.95. The minimum absolute atomic E-state index is 0.136. The Balaban J connectivity index is 1.66. The number of methoxy groups -OCH3 is 1. The lowest BCUT2D eigenvalue weighted by Gasteiger charge is -2.46. The molecule has 2 atom stereocenters. The van der Waals surface area contributed by atoms with Crippen LogP contribution in [0.3, 0.4) is 0 Å². The van der Waals surface area contributed by atoms with Gasteiger partial charge in [0.25, 0.3) is 0 Å². The first-order valence-electron chi connectivity index (χ1n) is 7.81. The zero-order chi connectivity index (χ0) is 16.4. The van der Waals surface area contributed by atoms with Crippen LogP contribution in [-0.4, -0.2) is 67.9 Å². The lowest BCUT2D eigenvalue weighted by molar-refractivity contribution is -0.0675. The molecule has 2 saturated heterocycles. The number of ether oxygens (including phenoxy) is 2. The topological polar surface area (TPSA) is 54.0 Å². The van der Waals surface area contributed by atoms with Crippen LogP contribution in [0.4, 0.5) is 10.5 Å². The first-order chi connectivity index (χ1) is 11.1. The molecule has 0 saturated carbocycles. The number of carbonyl (C=O) groups excluding carboxylic acids is 1. The number of hydrogen-bond acceptors (Lipinski definition) is 4. The summed E-state index contributed by atoms with van der Waals surface area (Å²) in [5, 5.41) is 3.45. The van der Waals surface area contributed by atoms with Gasteiger partial charge in [0.2, 0.25) is 0 Å². The number of nitrogens with one attached hydrogen (secondary N) is 1. The SMILES string of the molecule is COc1ccc(Cl)cc1NC(=O)N1CCN2[C@@H](COC[C@@H]2C)C1. The number of halogens is 1. The van der Waals surface area contributed by atoms with Crippen LogP contribution >= 0.6 is 11.6 Å². The van der Waals surface area contributed by atoms with Crippen LogP contribution in [-0.2, 0) is 4.74 Å². The summed E-state index contributed by atoms with van der Waals surface area (Å²) in [7, 11) is 1.57. The van der Waals surface area contributed by atoms with Gasteiger partial charge in [0.15, 0.2) is 0 Å². The van der Waals surface area contributed by atoms with Crippen molar-refractivity contribution >= 4 is 23.3 Å². The first-order valence-corrected chi connectivity index (χ1v) is 8.19. The molecule has 0 radical (unpaired) electrons. The highest BCUT2D eigenvalue weighted by molar-refractivity contribution is 6.31. The molecule has 1 N–H and O–H groups in total. The summed E-state index contributed by atoms with van der Waals surface area (Å²) in [6.07, 6.45) is 0. The molecule has 2 heterocycles. The standard InChI is InChI=1S/C16H22ClN3O3/c1-11-9-23-10-13-8-19(5-6-20(11)13)16(21)18-14-7-12(17)3-4-15(14)22-2/h3-4,7,11,13H,5-6,8-10H2,1-2H3,(H,18,21)/t11-,13+/m0/s1. The zero-order valence-electron chi connectivity index (χ0n) is 13.4. The summed E-state index contributed by atoms with van der Waals surface area (Å²) < 4.78 is 10.9. The van der Waals surface area contributed by atoms with Crippen LogP contribution in [0.1, 0.15) is 6.92 Å². The van der Waals surface area contributed by atoms with E-state index < -0.39 is 0 Å². The van der Waals surface area contributed by atoms with E-state index in [1.54, 1.807) is 25.3 Å². The van der Waals surface area contributed by atoms with Crippen LogP contribution in [0.2, 0.25) is 5.02 Å². The molecule has 1 aromatic rings. The summed E-state index contributed by atoms with van der Waals surface area (Å²) in [6, 6.07) is 5.71. The number of nitrogens with zero attached hydrogens (tertiary/aromatic N) is 2. The number of carbonyl (C=O) groups is 1. The Bertz CT molecular complexity index is 584. The normalized spacial score (nSPS) is 24.9. The van der Waals surface area contributed by atoms with E-state index >= 15 is 0 Å². The van der Waals surface area contributed by atoms with Gasteiger partial charge in [0.05, 0.1) is 32.1 Å². The van der Waals surface area contributed by atoms with Crippen LogP contribution in [0, 0.1) is 0 Å². The minimum atomic E-state index is -0.136. The lowest BCUT2D eigenvalue weighted by Crippen LogP contribution is -2.62. The number of morpholine rings is 1. The number of anilines is 1. The molecule has 7 heteroatoms.